The van der Waals surface area contributed by atoms with Gasteiger partial charge in [-0.2, -0.15) is 0 Å². The van der Waals surface area contributed by atoms with Crippen molar-refractivity contribution in [1.29, 1.82) is 0 Å². The Bertz CT molecular complexity index is 820. The Kier molecular flexibility index (Phi) is 8.08. The Balaban J connectivity index is 0.00000338. The van der Waals surface area contributed by atoms with Crippen molar-refractivity contribution in [2.24, 2.45) is 5.73 Å². The number of halogens is 1. The van der Waals surface area contributed by atoms with Crippen molar-refractivity contribution < 1.29 is 13.2 Å². The van der Waals surface area contributed by atoms with E-state index in [2.05, 4.69) is 10.0 Å². The second-order valence-electron chi connectivity index (χ2n) is 6.06. The number of rotatable bonds is 7. The SMILES string of the molecule is Cc1ccc(S(=O)(=O)Nc2ccc(NC(=O)CCC(C)N)cc2)cc1.Cl. The van der Waals surface area contributed by atoms with Crippen LogP contribution in [0.3, 0.4) is 0 Å². The van der Waals surface area contributed by atoms with E-state index in [1.807, 2.05) is 13.8 Å². The summed E-state index contributed by atoms with van der Waals surface area (Å²) < 4.78 is 27.2. The molecular formula is C18H24ClN3O3S. The Morgan fingerprint density at radius 1 is 1.04 bits per heavy atom. The second kappa shape index (κ2) is 9.56. The average Bonchev–Trinajstić information content (AvgIpc) is 2.55. The zero-order valence-corrected chi connectivity index (χ0v) is 16.4. The summed E-state index contributed by atoms with van der Waals surface area (Å²) in [5.74, 6) is -0.120. The summed E-state index contributed by atoms with van der Waals surface area (Å²) in [6.45, 7) is 3.74. The minimum absolute atomic E-state index is 0. The normalized spacial score (nSPS) is 12.0. The van der Waals surface area contributed by atoms with Gasteiger partial charge < -0.3 is 11.1 Å². The Morgan fingerprint density at radius 3 is 2.12 bits per heavy atom. The average molecular weight is 398 g/mol. The first kappa shape index (κ1) is 22.0. The van der Waals surface area contributed by atoms with Crippen molar-refractivity contribution in [2.75, 3.05) is 10.0 Å². The van der Waals surface area contributed by atoms with E-state index >= 15 is 0 Å². The van der Waals surface area contributed by atoms with E-state index in [0.717, 1.165) is 5.56 Å². The van der Waals surface area contributed by atoms with Gasteiger partial charge in [-0.05, 0) is 56.7 Å². The predicted octanol–water partition coefficient (Wildman–Crippen LogP) is 3.28. The van der Waals surface area contributed by atoms with Crippen LogP contribution in [0.25, 0.3) is 0 Å². The maximum atomic E-state index is 12.3. The van der Waals surface area contributed by atoms with Gasteiger partial charge >= 0.3 is 0 Å². The standard InChI is InChI=1S/C18H23N3O3S.ClH/c1-13-3-10-17(11-4-13)25(23,24)21-16-8-6-15(7-9-16)20-18(22)12-5-14(2)19;/h3-4,6-11,14,21H,5,12,19H2,1-2H3,(H,20,22);1H. The lowest BCUT2D eigenvalue weighted by Crippen LogP contribution is -2.19. The summed E-state index contributed by atoms with van der Waals surface area (Å²) in [6, 6.07) is 13.1. The molecule has 26 heavy (non-hydrogen) atoms. The summed E-state index contributed by atoms with van der Waals surface area (Å²) in [5.41, 5.74) is 7.64. The number of hydrogen-bond donors (Lipinski definition) is 3. The van der Waals surface area contributed by atoms with Crippen molar-refractivity contribution in [3.8, 4) is 0 Å². The highest BCUT2D eigenvalue weighted by Gasteiger charge is 2.13. The predicted molar refractivity (Wildman–Crippen MR) is 107 cm³/mol. The highest BCUT2D eigenvalue weighted by atomic mass is 35.5. The molecule has 0 saturated heterocycles. The van der Waals surface area contributed by atoms with Crippen molar-refractivity contribution in [3.05, 3.63) is 54.1 Å². The molecule has 0 aliphatic rings. The number of aryl methyl sites for hydroxylation is 1. The molecule has 0 heterocycles. The first-order valence-electron chi connectivity index (χ1n) is 8.01. The van der Waals surface area contributed by atoms with Gasteiger partial charge in [0.15, 0.2) is 0 Å². The van der Waals surface area contributed by atoms with Crippen molar-refractivity contribution >= 4 is 39.7 Å². The quantitative estimate of drug-likeness (QED) is 0.667. The van der Waals surface area contributed by atoms with Gasteiger partial charge in [0.1, 0.15) is 0 Å². The fraction of sp³-hybridized carbons (Fsp3) is 0.278. The van der Waals surface area contributed by atoms with Gasteiger partial charge in [-0.3, -0.25) is 9.52 Å². The van der Waals surface area contributed by atoms with Crippen LogP contribution in [0.2, 0.25) is 0 Å². The molecule has 2 aromatic carbocycles. The van der Waals surface area contributed by atoms with Gasteiger partial charge in [0.05, 0.1) is 4.90 Å². The molecule has 1 unspecified atom stereocenters. The highest BCUT2D eigenvalue weighted by molar-refractivity contribution is 7.92. The van der Waals surface area contributed by atoms with Gasteiger partial charge in [-0.15, -0.1) is 12.4 Å². The Labute approximate surface area is 160 Å². The van der Waals surface area contributed by atoms with E-state index in [9.17, 15) is 13.2 Å². The molecule has 4 N–H and O–H groups in total. The van der Waals surface area contributed by atoms with Crippen molar-refractivity contribution in [2.45, 2.75) is 37.6 Å². The van der Waals surface area contributed by atoms with Gasteiger partial charge in [0, 0.05) is 23.8 Å². The van der Waals surface area contributed by atoms with Gasteiger partial charge in [-0.1, -0.05) is 17.7 Å². The van der Waals surface area contributed by atoms with Crippen molar-refractivity contribution in [1.82, 2.24) is 0 Å². The number of nitrogens with one attached hydrogen (secondary N) is 2. The maximum Gasteiger partial charge on any atom is 0.261 e. The summed E-state index contributed by atoms with van der Waals surface area (Å²) in [4.78, 5) is 12.0. The lowest BCUT2D eigenvalue weighted by molar-refractivity contribution is -0.116. The molecule has 6 nitrogen and oxygen atoms in total. The van der Waals surface area contributed by atoms with Crippen LogP contribution in [-0.4, -0.2) is 20.4 Å². The van der Waals surface area contributed by atoms with Crippen LogP contribution >= 0.6 is 12.4 Å². The van der Waals surface area contributed by atoms with E-state index in [0.29, 0.717) is 24.2 Å². The number of benzene rings is 2. The number of anilines is 2. The van der Waals surface area contributed by atoms with Crippen LogP contribution in [0, 0.1) is 6.92 Å². The summed E-state index contributed by atoms with van der Waals surface area (Å²) in [7, 11) is -3.64. The molecule has 0 bridgehead atoms. The minimum atomic E-state index is -3.64. The second-order valence-corrected chi connectivity index (χ2v) is 7.74. The topological polar surface area (TPSA) is 101 Å². The molecule has 2 aromatic rings. The fourth-order valence-corrected chi connectivity index (χ4v) is 3.19. The lowest BCUT2D eigenvalue weighted by Gasteiger charge is -2.10. The summed E-state index contributed by atoms with van der Waals surface area (Å²) in [6.07, 6.45) is 0.958. The lowest BCUT2D eigenvalue weighted by atomic mass is 10.2. The van der Waals surface area contributed by atoms with E-state index < -0.39 is 10.0 Å². The van der Waals surface area contributed by atoms with E-state index in [1.54, 1.807) is 48.5 Å². The Hall–Kier alpha value is -2.09. The number of hydrogen-bond acceptors (Lipinski definition) is 4. The molecule has 1 atom stereocenters. The largest absolute Gasteiger partial charge is 0.328 e. The van der Waals surface area contributed by atoms with Crippen LogP contribution in [0.5, 0.6) is 0 Å². The fourth-order valence-electron chi connectivity index (χ4n) is 2.14. The highest BCUT2D eigenvalue weighted by Crippen LogP contribution is 2.19. The molecular weight excluding hydrogens is 374 g/mol. The molecule has 0 aliphatic carbocycles. The zero-order chi connectivity index (χ0) is 18.4. The smallest absolute Gasteiger partial charge is 0.261 e. The van der Waals surface area contributed by atoms with E-state index in [4.69, 9.17) is 5.73 Å². The molecule has 8 heteroatoms. The molecule has 2 rings (SSSR count). The monoisotopic (exact) mass is 397 g/mol. The number of amides is 1. The first-order valence-corrected chi connectivity index (χ1v) is 9.49. The summed E-state index contributed by atoms with van der Waals surface area (Å²) >= 11 is 0. The molecule has 0 fully saturated rings. The summed E-state index contributed by atoms with van der Waals surface area (Å²) in [5, 5.41) is 2.75. The number of nitrogens with two attached hydrogens (primary N) is 1. The molecule has 0 spiro atoms. The van der Waals surface area contributed by atoms with Crippen LogP contribution < -0.4 is 15.8 Å². The van der Waals surface area contributed by atoms with Gasteiger partial charge in [-0.25, -0.2) is 8.42 Å². The third kappa shape index (κ3) is 6.67. The van der Waals surface area contributed by atoms with E-state index in [-0.39, 0.29) is 29.3 Å². The molecule has 142 valence electrons. The van der Waals surface area contributed by atoms with Gasteiger partial charge in [0.2, 0.25) is 5.91 Å². The molecule has 0 radical (unpaired) electrons. The minimum Gasteiger partial charge on any atom is -0.328 e. The molecule has 0 aromatic heterocycles. The molecule has 1 amide bonds. The maximum absolute atomic E-state index is 12.3. The molecule has 0 saturated carbocycles. The third-order valence-corrected chi connectivity index (χ3v) is 4.98. The van der Waals surface area contributed by atoms with Crippen LogP contribution in [-0.2, 0) is 14.8 Å². The first-order chi connectivity index (χ1) is 11.8. The number of carbonyl (C=O) groups is 1. The van der Waals surface area contributed by atoms with E-state index in [1.165, 1.54) is 0 Å². The van der Waals surface area contributed by atoms with Crippen LogP contribution in [0.4, 0.5) is 11.4 Å². The molecule has 0 aliphatic heterocycles. The van der Waals surface area contributed by atoms with Gasteiger partial charge in [0.25, 0.3) is 10.0 Å². The zero-order valence-electron chi connectivity index (χ0n) is 14.7. The van der Waals surface area contributed by atoms with Crippen LogP contribution in [0.15, 0.2) is 53.4 Å². The van der Waals surface area contributed by atoms with Crippen LogP contribution in [0.1, 0.15) is 25.3 Å². The number of carbonyl (C=O) groups excluding carboxylic acids is 1. The third-order valence-electron chi connectivity index (χ3n) is 3.58. The van der Waals surface area contributed by atoms with Crippen molar-refractivity contribution in [3.63, 3.8) is 0 Å². The Morgan fingerprint density at radius 2 is 1.58 bits per heavy atom. The number of sulfonamides is 1.